The van der Waals surface area contributed by atoms with Gasteiger partial charge < -0.3 is 15.0 Å². The van der Waals surface area contributed by atoms with Crippen LogP contribution in [0.1, 0.15) is 30.9 Å². The number of H-pyrrole nitrogens is 1. The van der Waals surface area contributed by atoms with E-state index < -0.39 is 12.0 Å². The number of hydrogen-bond acceptors (Lipinski definition) is 3. The number of benzene rings is 2. The van der Waals surface area contributed by atoms with Gasteiger partial charge in [0.05, 0.1) is 12.0 Å². The average molecular weight is 488 g/mol. The Bertz CT molecular complexity index is 1090. The number of aryl methyl sites for hydroxylation is 1. The van der Waals surface area contributed by atoms with E-state index in [0.717, 1.165) is 30.3 Å². The Kier molecular flexibility index (Phi) is 7.65. The highest BCUT2D eigenvalue weighted by atomic mass is 35.5. The summed E-state index contributed by atoms with van der Waals surface area (Å²) in [6.07, 6.45) is 3.96. The van der Waals surface area contributed by atoms with E-state index >= 15 is 0 Å². The predicted molar refractivity (Wildman–Crippen MR) is 135 cm³/mol. The Labute approximate surface area is 205 Å². The van der Waals surface area contributed by atoms with Crippen molar-refractivity contribution in [3.63, 3.8) is 0 Å². The van der Waals surface area contributed by atoms with Crippen molar-refractivity contribution in [2.45, 2.75) is 44.9 Å². The summed E-state index contributed by atoms with van der Waals surface area (Å²) in [5.41, 5.74) is 3.41. The molecule has 33 heavy (non-hydrogen) atoms. The number of aromatic nitrogens is 1. The zero-order valence-corrected chi connectivity index (χ0v) is 20.6. The zero-order valence-electron chi connectivity index (χ0n) is 19.1. The summed E-state index contributed by atoms with van der Waals surface area (Å²) in [4.78, 5) is 20.7. The van der Waals surface area contributed by atoms with Crippen molar-refractivity contribution in [3.05, 3.63) is 69.8 Å². The molecule has 4 rings (SSSR count). The van der Waals surface area contributed by atoms with Crippen LogP contribution in [0.3, 0.4) is 0 Å². The number of carbonyl (C=O) groups is 1. The van der Waals surface area contributed by atoms with Gasteiger partial charge in [-0.1, -0.05) is 41.4 Å². The number of aliphatic hydroxyl groups is 1. The molecule has 1 fully saturated rings. The van der Waals surface area contributed by atoms with Crippen LogP contribution in [0.4, 0.5) is 0 Å². The molecule has 0 spiro atoms. The molecule has 1 saturated heterocycles. The van der Waals surface area contributed by atoms with Gasteiger partial charge in [-0.05, 0) is 68.6 Å². The van der Waals surface area contributed by atoms with E-state index in [4.69, 9.17) is 23.2 Å². The van der Waals surface area contributed by atoms with E-state index in [0.29, 0.717) is 29.7 Å². The molecule has 2 heterocycles. The first kappa shape index (κ1) is 24.1. The van der Waals surface area contributed by atoms with Crippen molar-refractivity contribution < 1.29 is 9.90 Å². The van der Waals surface area contributed by atoms with Crippen molar-refractivity contribution in [1.29, 1.82) is 0 Å². The Balaban J connectivity index is 1.38. The Morgan fingerprint density at radius 3 is 2.67 bits per heavy atom. The second kappa shape index (κ2) is 10.5. The molecule has 0 radical (unpaired) electrons. The van der Waals surface area contributed by atoms with Gasteiger partial charge in [0.1, 0.15) is 0 Å². The highest BCUT2D eigenvalue weighted by Crippen LogP contribution is 2.29. The van der Waals surface area contributed by atoms with Gasteiger partial charge in [-0.15, -0.1) is 0 Å². The van der Waals surface area contributed by atoms with Crippen LogP contribution in [0.2, 0.25) is 10.0 Å². The van der Waals surface area contributed by atoms with E-state index in [-0.39, 0.29) is 11.9 Å². The normalized spacial score (nSPS) is 20.1. The molecule has 3 aromatic rings. The summed E-state index contributed by atoms with van der Waals surface area (Å²) >= 11 is 12.3. The molecule has 1 aliphatic rings. The predicted octanol–water partition coefficient (Wildman–Crippen LogP) is 5.14. The van der Waals surface area contributed by atoms with Crippen molar-refractivity contribution >= 4 is 40.0 Å². The monoisotopic (exact) mass is 487 g/mol. The van der Waals surface area contributed by atoms with E-state index in [2.05, 4.69) is 34.3 Å². The number of aromatic amines is 1. The van der Waals surface area contributed by atoms with Gasteiger partial charge in [0.2, 0.25) is 5.91 Å². The standard InChI is InChI=1S/C26H31Cl2N3O2/c1-17(32)25-24(30(2)16-18-12-20(27)14-21(28)13-18)9-11-31(26(25)33)10-5-6-19-15-29-23-8-4-3-7-22(19)23/h3-4,7-8,12-15,17,24-25,29,32H,5-6,9-11,16H2,1-2H3/t17?,24-,25-/m0/s1. The van der Waals surface area contributed by atoms with Gasteiger partial charge in [0, 0.05) is 52.8 Å². The SMILES string of the molecule is CC(O)[C@@H]1C(=O)N(CCCc2c[nH]c3ccccc23)CC[C@@H]1N(C)Cc1cc(Cl)cc(Cl)c1. The van der Waals surface area contributed by atoms with E-state index in [1.165, 1.54) is 10.9 Å². The third-order valence-electron chi connectivity index (χ3n) is 6.70. The average Bonchev–Trinajstić information content (AvgIpc) is 3.16. The number of piperidine rings is 1. The molecule has 5 nitrogen and oxygen atoms in total. The second-order valence-electron chi connectivity index (χ2n) is 9.10. The lowest BCUT2D eigenvalue weighted by Crippen LogP contribution is -2.56. The molecule has 0 saturated carbocycles. The van der Waals surface area contributed by atoms with Crippen LogP contribution >= 0.6 is 23.2 Å². The van der Waals surface area contributed by atoms with Gasteiger partial charge in [-0.3, -0.25) is 9.69 Å². The summed E-state index contributed by atoms with van der Waals surface area (Å²) in [6, 6.07) is 13.7. The minimum atomic E-state index is -0.718. The lowest BCUT2D eigenvalue weighted by atomic mass is 9.85. The number of fused-ring (bicyclic) bond motifs is 1. The molecule has 2 aromatic carbocycles. The Morgan fingerprint density at radius 2 is 1.94 bits per heavy atom. The van der Waals surface area contributed by atoms with Gasteiger partial charge in [-0.2, -0.15) is 0 Å². The zero-order chi connectivity index (χ0) is 23.5. The fourth-order valence-electron chi connectivity index (χ4n) is 5.10. The van der Waals surface area contributed by atoms with Gasteiger partial charge in [0.25, 0.3) is 0 Å². The number of amides is 1. The van der Waals surface area contributed by atoms with Crippen LogP contribution in [0, 0.1) is 5.92 Å². The molecule has 7 heteroatoms. The molecular weight excluding hydrogens is 457 g/mol. The van der Waals surface area contributed by atoms with E-state index in [9.17, 15) is 9.90 Å². The molecule has 1 unspecified atom stereocenters. The number of para-hydroxylation sites is 1. The summed E-state index contributed by atoms with van der Waals surface area (Å²) in [7, 11) is 1.99. The molecule has 1 aromatic heterocycles. The summed E-state index contributed by atoms with van der Waals surface area (Å²) < 4.78 is 0. The van der Waals surface area contributed by atoms with Crippen LogP contribution in [0.5, 0.6) is 0 Å². The topological polar surface area (TPSA) is 59.6 Å². The van der Waals surface area contributed by atoms with Gasteiger partial charge in [-0.25, -0.2) is 0 Å². The minimum absolute atomic E-state index is 0.0381. The molecular formula is C26H31Cl2N3O2. The van der Waals surface area contributed by atoms with Crippen LogP contribution in [-0.2, 0) is 17.8 Å². The van der Waals surface area contributed by atoms with Crippen LogP contribution in [0.25, 0.3) is 10.9 Å². The summed E-state index contributed by atoms with van der Waals surface area (Å²) in [6.45, 7) is 3.72. The summed E-state index contributed by atoms with van der Waals surface area (Å²) in [5, 5.41) is 12.9. The first-order valence-electron chi connectivity index (χ1n) is 11.5. The van der Waals surface area contributed by atoms with Crippen LogP contribution < -0.4 is 0 Å². The van der Waals surface area contributed by atoms with Gasteiger partial charge in [0.15, 0.2) is 0 Å². The smallest absolute Gasteiger partial charge is 0.229 e. The van der Waals surface area contributed by atoms with E-state index in [1.807, 2.05) is 30.1 Å². The molecule has 3 atom stereocenters. The van der Waals surface area contributed by atoms with Crippen LogP contribution in [-0.4, -0.2) is 58.1 Å². The fourth-order valence-corrected chi connectivity index (χ4v) is 5.68. The van der Waals surface area contributed by atoms with Gasteiger partial charge >= 0.3 is 0 Å². The highest BCUT2D eigenvalue weighted by Gasteiger charge is 2.41. The quantitative estimate of drug-likeness (QED) is 0.462. The lowest BCUT2D eigenvalue weighted by molar-refractivity contribution is -0.147. The number of halogens is 2. The Morgan fingerprint density at radius 1 is 1.21 bits per heavy atom. The number of hydrogen-bond donors (Lipinski definition) is 2. The number of nitrogens with one attached hydrogen (secondary N) is 1. The molecule has 176 valence electrons. The third-order valence-corrected chi connectivity index (χ3v) is 7.13. The number of rotatable bonds is 8. The van der Waals surface area contributed by atoms with E-state index in [1.54, 1.807) is 13.0 Å². The molecule has 0 aliphatic carbocycles. The van der Waals surface area contributed by atoms with Crippen molar-refractivity contribution in [2.24, 2.45) is 5.92 Å². The number of nitrogens with zero attached hydrogens (tertiary/aromatic N) is 2. The first-order valence-corrected chi connectivity index (χ1v) is 12.3. The lowest BCUT2D eigenvalue weighted by Gasteiger charge is -2.43. The second-order valence-corrected chi connectivity index (χ2v) is 9.98. The third kappa shape index (κ3) is 5.55. The maximum absolute atomic E-state index is 13.3. The molecule has 1 aliphatic heterocycles. The number of likely N-dealkylation sites (tertiary alicyclic amines) is 1. The molecule has 1 amide bonds. The van der Waals surface area contributed by atoms with Crippen LogP contribution in [0.15, 0.2) is 48.7 Å². The number of carbonyl (C=O) groups excluding carboxylic acids is 1. The number of aliphatic hydroxyl groups excluding tert-OH is 1. The molecule has 0 bridgehead atoms. The largest absolute Gasteiger partial charge is 0.393 e. The molecule has 2 N–H and O–H groups in total. The summed E-state index contributed by atoms with van der Waals surface area (Å²) in [5.74, 6) is -0.414. The minimum Gasteiger partial charge on any atom is -0.393 e. The maximum Gasteiger partial charge on any atom is 0.229 e. The maximum atomic E-state index is 13.3. The fraction of sp³-hybridized carbons (Fsp3) is 0.423. The van der Waals surface area contributed by atoms with Crippen molar-refractivity contribution in [2.75, 3.05) is 20.1 Å². The first-order chi connectivity index (χ1) is 15.8. The van der Waals surface area contributed by atoms with Crippen molar-refractivity contribution in [1.82, 2.24) is 14.8 Å². The van der Waals surface area contributed by atoms with Crippen molar-refractivity contribution in [3.8, 4) is 0 Å². The highest BCUT2D eigenvalue weighted by molar-refractivity contribution is 6.34. The Hall–Kier alpha value is -2.05.